The molecule has 4 heteroatoms. The van der Waals surface area contributed by atoms with Gasteiger partial charge in [-0.05, 0) is 46.1 Å². The largest absolute Gasteiger partial charge is 0.505 e. The molecular weight excluding hydrogens is 339 g/mol. The van der Waals surface area contributed by atoms with Crippen molar-refractivity contribution in [3.63, 3.8) is 0 Å². The molecule has 0 amide bonds. The summed E-state index contributed by atoms with van der Waals surface area (Å²) in [5.74, 6) is 0.830. The summed E-state index contributed by atoms with van der Waals surface area (Å²) >= 11 is 1.89. The monoisotopic (exact) mass is 378 g/mol. The van der Waals surface area contributed by atoms with Crippen LogP contribution < -0.4 is 4.78 Å². The minimum Gasteiger partial charge on any atom is -0.399 e. The Morgan fingerprint density at radius 2 is 1.50 bits per heavy atom. The average molecular weight is 378 g/mol. The normalized spacial score (nSPS) is 19.8. The fourth-order valence-corrected chi connectivity index (χ4v) is 4.66. The maximum Gasteiger partial charge on any atom is 0.505 e. The molecule has 148 valence electrons. The van der Waals surface area contributed by atoms with Gasteiger partial charge in [0.2, 0.25) is 0 Å². The highest BCUT2D eigenvalue weighted by atomic mass is 32.1. The maximum absolute atomic E-state index is 6.21. The van der Waals surface area contributed by atoms with Crippen LogP contribution in [0.5, 0.6) is 0 Å². The van der Waals surface area contributed by atoms with E-state index in [0.717, 1.165) is 5.92 Å². The highest BCUT2D eigenvalue weighted by molar-refractivity contribution is 7.22. The molecule has 1 atom stereocenters. The van der Waals surface area contributed by atoms with Crippen molar-refractivity contribution in [1.29, 1.82) is 0 Å². The molecule has 1 fully saturated rings. The van der Waals surface area contributed by atoms with E-state index in [1.807, 2.05) is 11.3 Å². The van der Waals surface area contributed by atoms with Crippen molar-refractivity contribution < 1.29 is 9.31 Å². The molecule has 0 N–H and O–H groups in total. The van der Waals surface area contributed by atoms with Gasteiger partial charge in [-0.2, -0.15) is 0 Å². The fourth-order valence-electron chi connectivity index (χ4n) is 3.58. The Balaban J connectivity index is 1.94. The van der Waals surface area contributed by atoms with Crippen LogP contribution in [0.2, 0.25) is 0 Å². The van der Waals surface area contributed by atoms with Crippen molar-refractivity contribution in [2.45, 2.75) is 111 Å². The van der Waals surface area contributed by atoms with E-state index in [1.165, 1.54) is 67.4 Å². The Hall–Kier alpha value is -0.315. The van der Waals surface area contributed by atoms with Crippen molar-refractivity contribution in [2.75, 3.05) is 0 Å². The number of unbranched alkanes of at least 4 members (excludes halogenated alkanes) is 4. The molecule has 1 aromatic heterocycles. The molecule has 2 nitrogen and oxygen atoms in total. The van der Waals surface area contributed by atoms with Crippen LogP contribution in [-0.4, -0.2) is 18.3 Å². The van der Waals surface area contributed by atoms with Crippen LogP contribution in [-0.2, 0) is 15.7 Å². The molecule has 0 aliphatic carbocycles. The van der Waals surface area contributed by atoms with Gasteiger partial charge in [0.25, 0.3) is 0 Å². The molecule has 2 rings (SSSR count). The molecule has 1 saturated heterocycles. The maximum atomic E-state index is 6.21. The third-order valence-corrected chi connectivity index (χ3v) is 7.22. The van der Waals surface area contributed by atoms with Crippen molar-refractivity contribution in [3.8, 4) is 0 Å². The smallest absolute Gasteiger partial charge is 0.399 e. The van der Waals surface area contributed by atoms with Crippen LogP contribution >= 0.6 is 11.3 Å². The number of hydrogen-bond acceptors (Lipinski definition) is 3. The molecule has 0 aromatic carbocycles. The average Bonchev–Trinajstić information content (AvgIpc) is 3.11. The molecule has 0 saturated carbocycles. The second-order valence-corrected chi connectivity index (χ2v) is 10.2. The summed E-state index contributed by atoms with van der Waals surface area (Å²) in [5, 5.41) is 0. The van der Waals surface area contributed by atoms with Crippen LogP contribution in [0.15, 0.2) is 12.1 Å². The summed E-state index contributed by atoms with van der Waals surface area (Å²) in [4.78, 5) is 1.49. The molecule has 0 radical (unpaired) electrons. The Labute approximate surface area is 166 Å². The summed E-state index contributed by atoms with van der Waals surface area (Å²) < 4.78 is 13.6. The van der Waals surface area contributed by atoms with E-state index in [2.05, 4.69) is 53.7 Å². The Morgan fingerprint density at radius 1 is 0.885 bits per heavy atom. The van der Waals surface area contributed by atoms with Crippen LogP contribution in [0.1, 0.15) is 97.8 Å². The zero-order valence-electron chi connectivity index (χ0n) is 17.9. The predicted octanol–water partition coefficient (Wildman–Crippen LogP) is 6.37. The van der Waals surface area contributed by atoms with Gasteiger partial charge in [0.1, 0.15) is 0 Å². The fraction of sp³-hybridized carbons (Fsp3) is 0.818. The lowest BCUT2D eigenvalue weighted by molar-refractivity contribution is 0.00578. The van der Waals surface area contributed by atoms with Crippen LogP contribution in [0, 0.1) is 5.92 Å². The van der Waals surface area contributed by atoms with E-state index in [0.29, 0.717) is 0 Å². The Kier molecular flexibility index (Phi) is 8.24. The van der Waals surface area contributed by atoms with E-state index in [9.17, 15) is 0 Å². The lowest BCUT2D eigenvalue weighted by Crippen LogP contribution is -2.41. The molecule has 1 aliphatic rings. The summed E-state index contributed by atoms with van der Waals surface area (Å²) in [6.07, 6.45) is 12.1. The molecule has 0 spiro atoms. The molecule has 1 aromatic rings. The van der Waals surface area contributed by atoms with E-state index in [4.69, 9.17) is 9.31 Å². The SMILES string of the molecule is CCCCCCC(CCCC)Cc1ccc(B2OC(C)(C)C(C)(C)O2)s1. The first kappa shape index (κ1) is 22.0. The van der Waals surface area contributed by atoms with E-state index in [1.54, 1.807) is 0 Å². The molecule has 2 heterocycles. The zero-order chi connectivity index (χ0) is 19.2. The topological polar surface area (TPSA) is 18.5 Å². The quantitative estimate of drug-likeness (QED) is 0.329. The summed E-state index contributed by atoms with van der Waals surface area (Å²) in [6.45, 7) is 13.1. The third-order valence-electron chi connectivity index (χ3n) is 6.09. The summed E-state index contributed by atoms with van der Waals surface area (Å²) in [7, 11) is -0.211. The van der Waals surface area contributed by atoms with Crippen molar-refractivity contribution in [2.24, 2.45) is 5.92 Å². The van der Waals surface area contributed by atoms with Gasteiger partial charge in [-0.15, -0.1) is 11.3 Å². The van der Waals surface area contributed by atoms with Crippen molar-refractivity contribution >= 4 is 23.2 Å². The van der Waals surface area contributed by atoms with E-state index in [-0.39, 0.29) is 18.3 Å². The zero-order valence-corrected chi connectivity index (χ0v) is 18.7. The number of hydrogen-bond donors (Lipinski definition) is 0. The minimum atomic E-state index is -0.259. The van der Waals surface area contributed by atoms with E-state index < -0.39 is 0 Å². The molecule has 26 heavy (non-hydrogen) atoms. The second kappa shape index (κ2) is 9.75. The van der Waals surface area contributed by atoms with Crippen molar-refractivity contribution in [1.82, 2.24) is 0 Å². The Bertz CT molecular complexity index is 522. The standard InChI is InChI=1S/C22H39BO2S/c1-7-9-11-12-14-18(13-10-8-2)17-19-15-16-20(26-19)23-24-21(3,4)22(5,6)25-23/h15-16,18H,7-14,17H2,1-6H3. The predicted molar refractivity (Wildman–Crippen MR) is 116 cm³/mol. The molecule has 1 unspecified atom stereocenters. The van der Waals surface area contributed by atoms with Gasteiger partial charge in [-0.25, -0.2) is 0 Å². The molecular formula is C22H39BO2S. The van der Waals surface area contributed by atoms with Gasteiger partial charge in [0.15, 0.2) is 0 Å². The third kappa shape index (κ3) is 5.84. The summed E-state index contributed by atoms with van der Waals surface area (Å²) in [5.41, 5.74) is -0.518. The lowest BCUT2D eigenvalue weighted by atomic mass is 9.88. The number of thiophene rings is 1. The highest BCUT2D eigenvalue weighted by Crippen LogP contribution is 2.37. The van der Waals surface area contributed by atoms with Crippen molar-refractivity contribution in [3.05, 3.63) is 17.0 Å². The van der Waals surface area contributed by atoms with Gasteiger partial charge in [-0.1, -0.05) is 71.3 Å². The van der Waals surface area contributed by atoms with E-state index >= 15 is 0 Å². The molecule has 1 aliphatic heterocycles. The molecule has 0 bridgehead atoms. The van der Waals surface area contributed by atoms with Crippen LogP contribution in [0.3, 0.4) is 0 Å². The van der Waals surface area contributed by atoms with Crippen LogP contribution in [0.25, 0.3) is 0 Å². The van der Waals surface area contributed by atoms with Crippen LogP contribution in [0.4, 0.5) is 0 Å². The minimum absolute atomic E-state index is 0.211. The number of rotatable bonds is 11. The first-order valence-electron chi connectivity index (χ1n) is 10.7. The van der Waals surface area contributed by atoms with Gasteiger partial charge >= 0.3 is 7.12 Å². The summed E-state index contributed by atoms with van der Waals surface area (Å²) in [6, 6.07) is 4.52. The van der Waals surface area contributed by atoms with Gasteiger partial charge in [-0.3, -0.25) is 0 Å². The second-order valence-electron chi connectivity index (χ2n) is 8.95. The van der Waals surface area contributed by atoms with Gasteiger partial charge < -0.3 is 9.31 Å². The Morgan fingerprint density at radius 3 is 2.12 bits per heavy atom. The van der Waals surface area contributed by atoms with Gasteiger partial charge in [0.05, 0.1) is 11.2 Å². The lowest BCUT2D eigenvalue weighted by Gasteiger charge is -2.32. The van der Waals surface area contributed by atoms with Gasteiger partial charge in [0, 0.05) is 9.65 Å². The first-order valence-corrected chi connectivity index (χ1v) is 11.5. The highest BCUT2D eigenvalue weighted by Gasteiger charge is 2.52. The first-order chi connectivity index (χ1) is 12.3.